The van der Waals surface area contributed by atoms with Crippen LogP contribution in [-0.4, -0.2) is 26.8 Å². The van der Waals surface area contributed by atoms with Gasteiger partial charge in [-0.25, -0.2) is 9.37 Å². The first-order valence-electron chi connectivity index (χ1n) is 12.4. The Balaban J connectivity index is 0.000000648. The number of hydrogen-bond acceptors (Lipinski definition) is 4. The molecule has 1 heterocycles. The molecule has 0 aliphatic heterocycles. The lowest BCUT2D eigenvalue weighted by atomic mass is 9.93. The Hall–Kier alpha value is -3.58. The lowest BCUT2D eigenvalue weighted by Gasteiger charge is -2.13. The first kappa shape index (κ1) is 28.4. The van der Waals surface area contributed by atoms with Gasteiger partial charge in [0.2, 0.25) is 0 Å². The number of benzene rings is 4. The minimum absolute atomic E-state index is 0.120. The predicted molar refractivity (Wildman–Crippen MR) is 159 cm³/mol. The van der Waals surface area contributed by atoms with Crippen LogP contribution in [0.5, 0.6) is 0 Å². The van der Waals surface area contributed by atoms with Crippen molar-refractivity contribution in [3.63, 3.8) is 0 Å². The molecule has 39 heavy (non-hydrogen) atoms. The monoisotopic (exact) mass is 561 g/mol. The van der Waals surface area contributed by atoms with E-state index in [0.29, 0.717) is 26.7 Å². The smallest absolute Gasteiger partial charge is 0.307 e. The summed E-state index contributed by atoms with van der Waals surface area (Å²) in [6.07, 6.45) is -0.120. The van der Waals surface area contributed by atoms with Crippen LogP contribution in [0.2, 0.25) is 5.02 Å². The summed E-state index contributed by atoms with van der Waals surface area (Å²) >= 11 is 7.46. The number of rotatable bonds is 5. The molecule has 0 unspecified atom stereocenters. The van der Waals surface area contributed by atoms with Gasteiger partial charge >= 0.3 is 5.97 Å². The lowest BCUT2D eigenvalue weighted by molar-refractivity contribution is -0.136. The Kier molecular flexibility index (Phi) is 8.50. The fourth-order valence-electron chi connectivity index (χ4n) is 4.19. The zero-order valence-corrected chi connectivity index (χ0v) is 23.7. The molecule has 0 amide bonds. The van der Waals surface area contributed by atoms with Crippen LogP contribution in [0.15, 0.2) is 78.9 Å². The van der Waals surface area contributed by atoms with Gasteiger partial charge in [-0.15, -0.1) is 11.3 Å². The van der Waals surface area contributed by atoms with Crippen LogP contribution in [0.4, 0.5) is 4.39 Å². The highest BCUT2D eigenvalue weighted by Gasteiger charge is 2.21. The quantitative estimate of drug-likeness (QED) is 0.225. The number of fused-ring (bicyclic) bond motifs is 1. The van der Waals surface area contributed by atoms with Gasteiger partial charge in [-0.2, -0.15) is 0 Å². The van der Waals surface area contributed by atoms with Crippen molar-refractivity contribution in [2.75, 3.05) is 0 Å². The van der Waals surface area contributed by atoms with E-state index in [1.165, 1.54) is 11.3 Å². The fourth-order valence-corrected chi connectivity index (χ4v) is 5.47. The summed E-state index contributed by atoms with van der Waals surface area (Å²) in [6, 6.07) is 23.9. The van der Waals surface area contributed by atoms with Crippen LogP contribution in [0.3, 0.4) is 0 Å². The van der Waals surface area contributed by atoms with Gasteiger partial charge in [0, 0.05) is 21.7 Å². The SMILES string of the molecule is CC(C)(C)O.Cc1cc2nc(-c3cccc(-c4ccccc4)c3F)sc2c(-c2ccc(Cl)cc2)c1CC(=O)O. The van der Waals surface area contributed by atoms with Gasteiger partial charge in [-0.05, 0) is 74.2 Å². The molecule has 0 aliphatic carbocycles. The highest BCUT2D eigenvalue weighted by Crippen LogP contribution is 2.42. The van der Waals surface area contributed by atoms with E-state index in [9.17, 15) is 9.90 Å². The van der Waals surface area contributed by atoms with Gasteiger partial charge in [-0.3, -0.25) is 4.79 Å². The molecule has 5 rings (SSSR count). The summed E-state index contributed by atoms with van der Waals surface area (Å²) < 4.78 is 16.5. The summed E-state index contributed by atoms with van der Waals surface area (Å²) in [7, 11) is 0. The predicted octanol–water partition coefficient (Wildman–Crippen LogP) is 8.80. The number of halogens is 2. The van der Waals surface area contributed by atoms with Crippen molar-refractivity contribution in [3.05, 3.63) is 101 Å². The van der Waals surface area contributed by atoms with Crippen LogP contribution in [0.25, 0.3) is 43.0 Å². The second kappa shape index (κ2) is 11.7. The average molecular weight is 562 g/mol. The van der Waals surface area contributed by atoms with E-state index in [4.69, 9.17) is 21.7 Å². The third-order valence-electron chi connectivity index (χ3n) is 5.79. The Morgan fingerprint density at radius 1 is 0.949 bits per heavy atom. The summed E-state index contributed by atoms with van der Waals surface area (Å²) in [6.45, 7) is 7.11. The van der Waals surface area contributed by atoms with Crippen LogP contribution < -0.4 is 0 Å². The van der Waals surface area contributed by atoms with E-state index in [2.05, 4.69) is 0 Å². The molecular formula is C32H29ClFNO3S. The van der Waals surface area contributed by atoms with Crippen molar-refractivity contribution in [2.24, 2.45) is 0 Å². The van der Waals surface area contributed by atoms with Crippen molar-refractivity contribution >= 4 is 39.1 Å². The standard InChI is InChI=1S/C28H19ClFNO2S.C4H10O/c1-16-14-23-27(25(22(16)15-24(32)33)18-10-12-19(29)13-11-18)34-28(31-23)21-9-5-8-20(26(21)30)17-6-3-2-4-7-17;1-4(2,3)5/h2-14H,15H2,1H3,(H,32,33);5H,1-3H3. The molecule has 0 radical (unpaired) electrons. The van der Waals surface area contributed by atoms with Crippen LogP contribution >= 0.6 is 22.9 Å². The molecular weight excluding hydrogens is 533 g/mol. The second-order valence-corrected chi connectivity index (χ2v) is 11.6. The summed E-state index contributed by atoms with van der Waals surface area (Å²) in [5.74, 6) is -1.24. The maximum absolute atomic E-state index is 15.6. The molecule has 4 nitrogen and oxygen atoms in total. The average Bonchev–Trinajstić information content (AvgIpc) is 3.28. The summed E-state index contributed by atoms with van der Waals surface area (Å²) in [4.78, 5) is 16.4. The zero-order valence-electron chi connectivity index (χ0n) is 22.1. The fraction of sp³-hybridized carbons (Fsp3) is 0.188. The lowest BCUT2D eigenvalue weighted by Crippen LogP contribution is -2.10. The maximum atomic E-state index is 15.6. The third-order valence-corrected chi connectivity index (χ3v) is 7.16. The minimum Gasteiger partial charge on any atom is -0.481 e. The Morgan fingerprint density at radius 3 is 2.18 bits per heavy atom. The summed E-state index contributed by atoms with van der Waals surface area (Å²) in [5, 5.41) is 19.2. The molecule has 2 N–H and O–H groups in total. The molecule has 0 spiro atoms. The number of hydrogen-bond donors (Lipinski definition) is 2. The highest BCUT2D eigenvalue weighted by atomic mass is 35.5. The van der Waals surface area contributed by atoms with E-state index in [1.54, 1.807) is 45.0 Å². The van der Waals surface area contributed by atoms with Crippen LogP contribution in [-0.2, 0) is 11.2 Å². The number of aryl methyl sites for hydroxylation is 1. The molecule has 0 fully saturated rings. The zero-order chi connectivity index (χ0) is 28.3. The van der Waals surface area contributed by atoms with E-state index in [0.717, 1.165) is 32.5 Å². The number of carbonyl (C=O) groups is 1. The van der Waals surface area contributed by atoms with Gasteiger partial charge in [0.1, 0.15) is 10.8 Å². The number of aliphatic hydroxyl groups is 1. The molecule has 0 bridgehead atoms. The van der Waals surface area contributed by atoms with Crippen molar-refractivity contribution in [2.45, 2.75) is 39.7 Å². The Morgan fingerprint density at radius 2 is 1.56 bits per heavy atom. The minimum atomic E-state index is -0.913. The second-order valence-electron chi connectivity index (χ2n) is 10.2. The number of carboxylic acids is 1. The number of thiazole rings is 1. The van der Waals surface area contributed by atoms with Crippen molar-refractivity contribution in [1.29, 1.82) is 0 Å². The number of aliphatic carboxylic acids is 1. The first-order valence-corrected chi connectivity index (χ1v) is 13.6. The van der Waals surface area contributed by atoms with E-state index in [1.807, 2.05) is 61.5 Å². The van der Waals surface area contributed by atoms with E-state index < -0.39 is 11.6 Å². The van der Waals surface area contributed by atoms with Crippen molar-refractivity contribution < 1.29 is 19.4 Å². The van der Waals surface area contributed by atoms with Gasteiger partial charge in [0.15, 0.2) is 0 Å². The molecule has 200 valence electrons. The molecule has 4 aromatic carbocycles. The highest BCUT2D eigenvalue weighted by molar-refractivity contribution is 7.22. The number of nitrogens with zero attached hydrogens (tertiary/aromatic N) is 1. The summed E-state index contributed by atoms with van der Waals surface area (Å²) in [5.41, 5.74) is 5.14. The number of carboxylic acid groups (broad SMARTS) is 1. The van der Waals surface area contributed by atoms with Crippen molar-refractivity contribution in [1.82, 2.24) is 4.98 Å². The van der Waals surface area contributed by atoms with Gasteiger partial charge in [0.05, 0.1) is 22.2 Å². The van der Waals surface area contributed by atoms with Gasteiger partial charge in [0.25, 0.3) is 0 Å². The molecule has 5 aromatic rings. The molecule has 1 aromatic heterocycles. The maximum Gasteiger partial charge on any atom is 0.307 e. The molecule has 0 atom stereocenters. The van der Waals surface area contributed by atoms with Gasteiger partial charge in [-0.1, -0.05) is 66.2 Å². The normalized spacial score (nSPS) is 11.3. The largest absolute Gasteiger partial charge is 0.481 e. The Bertz CT molecular complexity index is 1620. The van der Waals surface area contributed by atoms with E-state index >= 15 is 4.39 Å². The topological polar surface area (TPSA) is 70.4 Å². The van der Waals surface area contributed by atoms with Crippen LogP contribution in [0.1, 0.15) is 31.9 Å². The van der Waals surface area contributed by atoms with Crippen molar-refractivity contribution in [3.8, 4) is 32.8 Å². The molecule has 0 saturated carbocycles. The molecule has 7 heteroatoms. The van der Waals surface area contributed by atoms with Gasteiger partial charge < -0.3 is 10.2 Å². The van der Waals surface area contributed by atoms with E-state index in [-0.39, 0.29) is 12.2 Å². The first-order chi connectivity index (χ1) is 18.4. The molecule has 0 aliphatic rings. The Labute approximate surface area is 236 Å². The third kappa shape index (κ3) is 6.90. The van der Waals surface area contributed by atoms with Crippen LogP contribution in [0, 0.1) is 12.7 Å². The number of aromatic nitrogens is 1. The molecule has 0 saturated heterocycles.